The molecule has 1 saturated heterocycles. The SMILES string of the molecule is CC1CCCC(O)(C2(CO)CCCOC2)C1. The van der Waals surface area contributed by atoms with E-state index in [2.05, 4.69) is 6.92 Å². The van der Waals surface area contributed by atoms with E-state index in [0.29, 0.717) is 12.5 Å². The molecule has 3 atom stereocenters. The molecule has 0 amide bonds. The lowest BCUT2D eigenvalue weighted by molar-refractivity contribution is -0.186. The summed E-state index contributed by atoms with van der Waals surface area (Å²) in [5, 5.41) is 20.6. The van der Waals surface area contributed by atoms with Gasteiger partial charge in [0.1, 0.15) is 0 Å². The molecule has 3 nitrogen and oxygen atoms in total. The van der Waals surface area contributed by atoms with Gasteiger partial charge in [-0.15, -0.1) is 0 Å². The second-order valence-corrected chi connectivity index (χ2v) is 5.83. The van der Waals surface area contributed by atoms with Crippen LogP contribution in [-0.2, 0) is 4.74 Å². The molecule has 0 aromatic heterocycles. The van der Waals surface area contributed by atoms with E-state index in [0.717, 1.165) is 38.7 Å². The summed E-state index contributed by atoms with van der Waals surface area (Å²) in [6.07, 6.45) is 5.76. The number of aliphatic hydroxyl groups is 2. The van der Waals surface area contributed by atoms with Crippen molar-refractivity contribution in [3.63, 3.8) is 0 Å². The maximum Gasteiger partial charge on any atom is 0.0750 e. The van der Waals surface area contributed by atoms with Gasteiger partial charge in [-0.3, -0.25) is 0 Å². The molecule has 0 radical (unpaired) electrons. The first-order valence-corrected chi connectivity index (χ1v) is 6.53. The van der Waals surface area contributed by atoms with Gasteiger partial charge in [0.05, 0.1) is 18.8 Å². The first-order valence-electron chi connectivity index (χ1n) is 6.53. The first kappa shape index (κ1) is 12.3. The molecular formula is C13H24O3. The average molecular weight is 228 g/mol. The number of hydrogen-bond donors (Lipinski definition) is 2. The highest BCUT2D eigenvalue weighted by molar-refractivity contribution is 5.02. The van der Waals surface area contributed by atoms with Crippen LogP contribution in [0.5, 0.6) is 0 Å². The van der Waals surface area contributed by atoms with Gasteiger partial charge in [-0.2, -0.15) is 0 Å². The third-order valence-corrected chi connectivity index (χ3v) is 4.59. The van der Waals surface area contributed by atoms with Crippen LogP contribution < -0.4 is 0 Å². The van der Waals surface area contributed by atoms with Gasteiger partial charge in [-0.1, -0.05) is 19.8 Å². The van der Waals surface area contributed by atoms with Crippen molar-refractivity contribution >= 4 is 0 Å². The fraction of sp³-hybridized carbons (Fsp3) is 1.00. The normalized spacial score (nSPS) is 45.6. The molecule has 0 spiro atoms. The summed E-state index contributed by atoms with van der Waals surface area (Å²) in [6, 6.07) is 0. The molecule has 1 saturated carbocycles. The Morgan fingerprint density at radius 1 is 1.31 bits per heavy atom. The van der Waals surface area contributed by atoms with E-state index in [-0.39, 0.29) is 6.61 Å². The van der Waals surface area contributed by atoms with Crippen LogP contribution in [0.25, 0.3) is 0 Å². The van der Waals surface area contributed by atoms with E-state index in [1.54, 1.807) is 0 Å². The Morgan fingerprint density at radius 3 is 2.69 bits per heavy atom. The van der Waals surface area contributed by atoms with Crippen molar-refractivity contribution in [2.45, 2.75) is 51.0 Å². The standard InChI is InChI=1S/C13H24O3/c1-11-4-2-6-13(15,8-11)12(9-14)5-3-7-16-10-12/h11,14-15H,2-10H2,1H3. The first-order chi connectivity index (χ1) is 7.62. The molecule has 2 fully saturated rings. The van der Waals surface area contributed by atoms with Crippen molar-refractivity contribution in [1.82, 2.24) is 0 Å². The van der Waals surface area contributed by atoms with Crippen molar-refractivity contribution in [3.8, 4) is 0 Å². The second-order valence-electron chi connectivity index (χ2n) is 5.83. The van der Waals surface area contributed by atoms with Gasteiger partial charge in [0.25, 0.3) is 0 Å². The molecule has 0 bridgehead atoms. The van der Waals surface area contributed by atoms with Crippen molar-refractivity contribution in [1.29, 1.82) is 0 Å². The predicted octanol–water partition coefficient (Wildman–Crippen LogP) is 1.72. The maximum absolute atomic E-state index is 10.9. The Morgan fingerprint density at radius 2 is 2.12 bits per heavy atom. The van der Waals surface area contributed by atoms with Crippen molar-refractivity contribution in [2.75, 3.05) is 19.8 Å². The van der Waals surface area contributed by atoms with E-state index in [9.17, 15) is 10.2 Å². The molecule has 3 heteroatoms. The summed E-state index contributed by atoms with van der Waals surface area (Å²) < 4.78 is 5.51. The van der Waals surface area contributed by atoms with Crippen LogP contribution in [0.2, 0.25) is 0 Å². The van der Waals surface area contributed by atoms with Crippen molar-refractivity contribution in [3.05, 3.63) is 0 Å². The molecule has 1 aliphatic heterocycles. The monoisotopic (exact) mass is 228 g/mol. The maximum atomic E-state index is 10.9. The highest BCUT2D eigenvalue weighted by Gasteiger charge is 2.52. The summed E-state index contributed by atoms with van der Waals surface area (Å²) in [6.45, 7) is 3.54. The zero-order valence-electron chi connectivity index (χ0n) is 10.2. The summed E-state index contributed by atoms with van der Waals surface area (Å²) in [5.74, 6) is 0.559. The lowest BCUT2D eigenvalue weighted by Gasteiger charge is -2.51. The van der Waals surface area contributed by atoms with Gasteiger partial charge >= 0.3 is 0 Å². The fourth-order valence-electron chi connectivity index (χ4n) is 3.50. The second kappa shape index (κ2) is 4.63. The minimum absolute atomic E-state index is 0.0518. The molecule has 0 aromatic carbocycles. The summed E-state index contributed by atoms with van der Waals surface area (Å²) in [4.78, 5) is 0. The van der Waals surface area contributed by atoms with Crippen LogP contribution >= 0.6 is 0 Å². The van der Waals surface area contributed by atoms with Crippen molar-refractivity contribution < 1.29 is 14.9 Å². The summed E-state index contributed by atoms with van der Waals surface area (Å²) in [5.41, 5.74) is -1.11. The number of ether oxygens (including phenoxy) is 1. The van der Waals surface area contributed by atoms with Gasteiger partial charge in [-0.05, 0) is 31.6 Å². The van der Waals surface area contributed by atoms with Crippen LogP contribution in [0.4, 0.5) is 0 Å². The Hall–Kier alpha value is -0.120. The predicted molar refractivity (Wildman–Crippen MR) is 62.2 cm³/mol. The highest BCUT2D eigenvalue weighted by atomic mass is 16.5. The average Bonchev–Trinajstić information content (AvgIpc) is 2.29. The van der Waals surface area contributed by atoms with E-state index in [1.807, 2.05) is 0 Å². The largest absolute Gasteiger partial charge is 0.396 e. The lowest BCUT2D eigenvalue weighted by atomic mass is 9.61. The van der Waals surface area contributed by atoms with E-state index in [1.165, 1.54) is 6.42 Å². The van der Waals surface area contributed by atoms with Gasteiger partial charge in [-0.25, -0.2) is 0 Å². The zero-order chi connectivity index (χ0) is 11.6. The molecule has 16 heavy (non-hydrogen) atoms. The number of hydrogen-bond acceptors (Lipinski definition) is 3. The van der Waals surface area contributed by atoms with Gasteiger partial charge in [0.2, 0.25) is 0 Å². The van der Waals surface area contributed by atoms with Crippen LogP contribution in [0.15, 0.2) is 0 Å². The molecule has 1 heterocycles. The van der Waals surface area contributed by atoms with E-state index < -0.39 is 11.0 Å². The molecule has 3 unspecified atom stereocenters. The third-order valence-electron chi connectivity index (χ3n) is 4.59. The Labute approximate surface area is 97.8 Å². The van der Waals surface area contributed by atoms with Crippen LogP contribution in [0, 0.1) is 11.3 Å². The van der Waals surface area contributed by atoms with Crippen molar-refractivity contribution in [2.24, 2.45) is 11.3 Å². The molecule has 2 aliphatic rings. The topological polar surface area (TPSA) is 49.7 Å². The molecule has 94 valence electrons. The molecule has 2 rings (SSSR count). The molecule has 2 N–H and O–H groups in total. The Kier molecular flexibility index (Phi) is 3.57. The van der Waals surface area contributed by atoms with E-state index in [4.69, 9.17) is 4.74 Å². The van der Waals surface area contributed by atoms with E-state index >= 15 is 0 Å². The lowest BCUT2D eigenvalue weighted by Crippen LogP contribution is -2.57. The Balaban J connectivity index is 2.17. The number of aliphatic hydroxyl groups excluding tert-OH is 1. The minimum Gasteiger partial charge on any atom is -0.396 e. The van der Waals surface area contributed by atoms with Gasteiger partial charge in [0, 0.05) is 12.0 Å². The van der Waals surface area contributed by atoms with Gasteiger partial charge < -0.3 is 14.9 Å². The smallest absolute Gasteiger partial charge is 0.0750 e. The van der Waals surface area contributed by atoms with Crippen LogP contribution in [-0.4, -0.2) is 35.6 Å². The number of rotatable bonds is 2. The summed E-state index contributed by atoms with van der Waals surface area (Å²) >= 11 is 0. The van der Waals surface area contributed by atoms with Gasteiger partial charge in [0.15, 0.2) is 0 Å². The third kappa shape index (κ3) is 2.01. The van der Waals surface area contributed by atoms with Crippen LogP contribution in [0.1, 0.15) is 45.4 Å². The Bertz CT molecular complexity index is 235. The summed E-state index contributed by atoms with van der Waals surface area (Å²) in [7, 11) is 0. The fourth-order valence-corrected chi connectivity index (χ4v) is 3.50. The highest BCUT2D eigenvalue weighted by Crippen LogP contribution is 2.48. The van der Waals surface area contributed by atoms with Crippen LogP contribution in [0.3, 0.4) is 0 Å². The minimum atomic E-state index is -0.708. The zero-order valence-corrected chi connectivity index (χ0v) is 10.2. The molecule has 0 aromatic rings. The molecule has 1 aliphatic carbocycles. The molecular weight excluding hydrogens is 204 g/mol. The quantitative estimate of drug-likeness (QED) is 0.756.